The highest BCUT2D eigenvalue weighted by Gasteiger charge is 2.39. The first-order chi connectivity index (χ1) is 13.3. The average molecular weight is 393 g/mol. The van der Waals surface area contributed by atoms with Crippen molar-refractivity contribution in [3.63, 3.8) is 0 Å². The number of aliphatic hydroxyl groups excluding tert-OH is 1. The molecule has 0 bridgehead atoms. The maximum absolute atomic E-state index is 10.2. The van der Waals surface area contributed by atoms with Gasteiger partial charge < -0.3 is 26.0 Å². The van der Waals surface area contributed by atoms with Gasteiger partial charge >= 0.3 is 0 Å². The molecule has 1 aliphatic carbocycles. The van der Waals surface area contributed by atoms with Crippen LogP contribution < -0.4 is 21.7 Å². The molecule has 28 heavy (non-hydrogen) atoms. The molecular formula is C20H32N4O4. The van der Waals surface area contributed by atoms with Crippen LogP contribution in [0.5, 0.6) is 5.75 Å². The van der Waals surface area contributed by atoms with Gasteiger partial charge in [-0.3, -0.25) is 10.2 Å². The molecule has 1 saturated carbocycles. The molecule has 2 atom stereocenters. The maximum Gasteiger partial charge on any atom is 0.146 e. The number of benzene rings is 1. The second-order valence-corrected chi connectivity index (χ2v) is 8.28. The van der Waals surface area contributed by atoms with Crippen molar-refractivity contribution in [2.45, 2.75) is 68.8 Å². The Morgan fingerprint density at radius 2 is 2.11 bits per heavy atom. The van der Waals surface area contributed by atoms with Gasteiger partial charge in [0.25, 0.3) is 0 Å². The number of ether oxygens (including phenoxy) is 1. The summed E-state index contributed by atoms with van der Waals surface area (Å²) >= 11 is 0. The number of hydrogen-bond donors (Lipinski definition) is 6. The number of amidine groups is 1. The summed E-state index contributed by atoms with van der Waals surface area (Å²) in [5, 5.41) is 31.5. The molecule has 0 saturated heterocycles. The van der Waals surface area contributed by atoms with E-state index in [0.717, 1.165) is 36.1 Å². The number of nitrogens with two attached hydrogens (primary N) is 2. The Labute approximate surface area is 165 Å². The molecular weight excluding hydrogens is 360 g/mol. The third kappa shape index (κ3) is 4.31. The zero-order chi connectivity index (χ0) is 20.4. The normalized spacial score (nSPS) is 29.3. The van der Waals surface area contributed by atoms with E-state index in [4.69, 9.17) is 26.6 Å². The van der Waals surface area contributed by atoms with Gasteiger partial charge in [0, 0.05) is 18.2 Å². The lowest BCUT2D eigenvalue weighted by Crippen LogP contribution is -2.51. The van der Waals surface area contributed by atoms with E-state index < -0.39 is 11.2 Å². The van der Waals surface area contributed by atoms with Crippen molar-refractivity contribution in [3.05, 3.63) is 29.3 Å². The SMILES string of the molecule is C[C@](CO)(ON)[C@H]1CCc2cc(C(=N)N[C@H]3CC[C@](O)(CN)CC3)ccc2O1. The van der Waals surface area contributed by atoms with Gasteiger partial charge in [-0.25, -0.2) is 5.90 Å². The Morgan fingerprint density at radius 3 is 2.71 bits per heavy atom. The number of fused-ring (bicyclic) bond motifs is 1. The van der Waals surface area contributed by atoms with Gasteiger partial charge in [-0.1, -0.05) is 0 Å². The van der Waals surface area contributed by atoms with Crippen LogP contribution in [-0.4, -0.2) is 52.5 Å². The molecule has 0 radical (unpaired) electrons. The lowest BCUT2D eigenvalue weighted by Gasteiger charge is -2.37. The third-order valence-corrected chi connectivity index (χ3v) is 6.20. The molecule has 0 amide bonds. The van der Waals surface area contributed by atoms with Gasteiger partial charge in [-0.05, 0) is 69.2 Å². The summed E-state index contributed by atoms with van der Waals surface area (Å²) in [6.07, 6.45) is 4.00. The van der Waals surface area contributed by atoms with Crippen molar-refractivity contribution < 1.29 is 19.8 Å². The monoisotopic (exact) mass is 392 g/mol. The van der Waals surface area contributed by atoms with E-state index >= 15 is 0 Å². The molecule has 1 heterocycles. The topological polar surface area (TPSA) is 147 Å². The first kappa shape index (κ1) is 21.0. The summed E-state index contributed by atoms with van der Waals surface area (Å²) in [6, 6.07) is 5.85. The zero-order valence-electron chi connectivity index (χ0n) is 16.4. The van der Waals surface area contributed by atoms with Crippen LogP contribution in [0.25, 0.3) is 0 Å². The molecule has 156 valence electrons. The quantitative estimate of drug-likeness (QED) is 0.236. The van der Waals surface area contributed by atoms with Gasteiger partial charge in [0.1, 0.15) is 23.3 Å². The Hall–Kier alpha value is -1.71. The molecule has 0 unspecified atom stereocenters. The minimum Gasteiger partial charge on any atom is -0.487 e. The molecule has 8 nitrogen and oxygen atoms in total. The molecule has 0 aromatic heterocycles. The van der Waals surface area contributed by atoms with Crippen LogP contribution >= 0.6 is 0 Å². The van der Waals surface area contributed by atoms with Gasteiger partial charge in [0.05, 0.1) is 12.2 Å². The molecule has 1 aromatic rings. The summed E-state index contributed by atoms with van der Waals surface area (Å²) < 4.78 is 6.00. The van der Waals surface area contributed by atoms with Crippen molar-refractivity contribution >= 4 is 5.84 Å². The Bertz CT molecular complexity index is 699. The first-order valence-corrected chi connectivity index (χ1v) is 9.89. The zero-order valence-corrected chi connectivity index (χ0v) is 16.4. The van der Waals surface area contributed by atoms with E-state index in [1.54, 1.807) is 6.92 Å². The third-order valence-electron chi connectivity index (χ3n) is 6.20. The first-order valence-electron chi connectivity index (χ1n) is 9.89. The van der Waals surface area contributed by atoms with Crippen molar-refractivity contribution in [1.29, 1.82) is 5.41 Å². The lowest BCUT2D eigenvalue weighted by molar-refractivity contribution is -0.135. The number of nitrogens with one attached hydrogen (secondary N) is 2. The minimum atomic E-state index is -0.947. The summed E-state index contributed by atoms with van der Waals surface area (Å²) in [5.74, 6) is 6.45. The van der Waals surface area contributed by atoms with E-state index in [9.17, 15) is 10.2 Å². The van der Waals surface area contributed by atoms with Gasteiger partial charge in [-0.2, -0.15) is 0 Å². The number of aliphatic hydroxyl groups is 2. The second kappa shape index (κ2) is 8.34. The van der Waals surface area contributed by atoms with Crippen molar-refractivity contribution in [3.8, 4) is 5.75 Å². The Kier molecular flexibility index (Phi) is 6.26. The second-order valence-electron chi connectivity index (χ2n) is 8.28. The van der Waals surface area contributed by atoms with E-state index in [-0.39, 0.29) is 25.3 Å². The summed E-state index contributed by atoms with van der Waals surface area (Å²) in [5.41, 5.74) is 5.77. The van der Waals surface area contributed by atoms with E-state index in [1.807, 2.05) is 18.2 Å². The predicted molar refractivity (Wildman–Crippen MR) is 106 cm³/mol. The van der Waals surface area contributed by atoms with Gasteiger partial charge in [0.2, 0.25) is 0 Å². The van der Waals surface area contributed by atoms with E-state index in [2.05, 4.69) is 5.32 Å². The average Bonchev–Trinajstić information content (AvgIpc) is 2.74. The van der Waals surface area contributed by atoms with Crippen LogP contribution in [0.3, 0.4) is 0 Å². The fraction of sp³-hybridized carbons (Fsp3) is 0.650. The molecule has 1 aliphatic heterocycles. The van der Waals surface area contributed by atoms with Crippen molar-refractivity contribution in [2.24, 2.45) is 11.6 Å². The molecule has 3 rings (SSSR count). The van der Waals surface area contributed by atoms with Crippen molar-refractivity contribution in [2.75, 3.05) is 13.2 Å². The fourth-order valence-corrected chi connectivity index (χ4v) is 3.98. The smallest absolute Gasteiger partial charge is 0.146 e. The highest BCUT2D eigenvalue weighted by atomic mass is 16.7. The molecule has 8 heteroatoms. The summed E-state index contributed by atoms with van der Waals surface area (Å²) in [4.78, 5) is 4.97. The van der Waals surface area contributed by atoms with Crippen LogP contribution in [0, 0.1) is 5.41 Å². The van der Waals surface area contributed by atoms with Crippen LogP contribution in [-0.2, 0) is 11.3 Å². The minimum absolute atomic E-state index is 0.169. The predicted octanol–water partition coefficient (Wildman–Crippen LogP) is 0.569. The van der Waals surface area contributed by atoms with Crippen LogP contribution in [0.4, 0.5) is 0 Å². The molecule has 1 fully saturated rings. The number of aryl methyl sites for hydroxylation is 1. The van der Waals surface area contributed by atoms with Crippen LogP contribution in [0.15, 0.2) is 18.2 Å². The van der Waals surface area contributed by atoms with Crippen LogP contribution in [0.1, 0.15) is 50.2 Å². The number of hydrogen-bond acceptors (Lipinski definition) is 7. The Balaban J connectivity index is 1.62. The van der Waals surface area contributed by atoms with Crippen molar-refractivity contribution in [1.82, 2.24) is 5.32 Å². The lowest BCUT2D eigenvalue weighted by atomic mass is 9.82. The highest BCUT2D eigenvalue weighted by Crippen LogP contribution is 2.33. The summed E-state index contributed by atoms with van der Waals surface area (Å²) in [6.45, 7) is 1.79. The molecule has 2 aliphatic rings. The molecule has 8 N–H and O–H groups in total. The highest BCUT2D eigenvalue weighted by molar-refractivity contribution is 5.96. The standard InChI is InChI=1S/C20H32N4O4/c1-19(12-25,28-23)17-5-3-13-10-14(2-4-16(13)27-17)18(22)24-15-6-8-20(26,11-21)9-7-15/h2,4,10,15,17,25-26H,3,5-9,11-12,21,23H2,1H3,(H2,22,24)/t15-,17-,19-,20+/m1/s1. The fourth-order valence-electron chi connectivity index (χ4n) is 3.98. The van der Waals surface area contributed by atoms with Gasteiger partial charge in [0.15, 0.2) is 0 Å². The van der Waals surface area contributed by atoms with E-state index in [1.165, 1.54) is 0 Å². The number of rotatable bonds is 6. The van der Waals surface area contributed by atoms with E-state index in [0.29, 0.717) is 25.1 Å². The van der Waals surface area contributed by atoms with Crippen LogP contribution in [0.2, 0.25) is 0 Å². The largest absolute Gasteiger partial charge is 0.487 e. The molecule has 0 spiro atoms. The maximum atomic E-state index is 10.2. The Morgan fingerprint density at radius 1 is 1.39 bits per heavy atom. The van der Waals surface area contributed by atoms with Gasteiger partial charge in [-0.15, -0.1) is 0 Å². The molecule has 1 aromatic carbocycles. The summed E-state index contributed by atoms with van der Waals surface area (Å²) in [7, 11) is 0.